The summed E-state index contributed by atoms with van der Waals surface area (Å²) in [4.78, 5) is 25.5. The molecule has 2 bridgehead atoms. The summed E-state index contributed by atoms with van der Waals surface area (Å²) in [6, 6.07) is 0.159. The predicted octanol–water partition coefficient (Wildman–Crippen LogP) is 1.22. The van der Waals surface area contributed by atoms with Crippen LogP contribution in [0.3, 0.4) is 0 Å². The zero-order valence-corrected chi connectivity index (χ0v) is 14.4. The maximum atomic E-state index is 12.6. The van der Waals surface area contributed by atoms with Gasteiger partial charge in [-0.1, -0.05) is 6.42 Å². The van der Waals surface area contributed by atoms with Crippen molar-refractivity contribution in [3.8, 4) is 0 Å². The summed E-state index contributed by atoms with van der Waals surface area (Å²) < 4.78 is 0. The third kappa shape index (κ3) is 4.10. The maximum Gasteiger partial charge on any atom is 0.314 e. The molecule has 3 aliphatic rings. The Morgan fingerprint density at radius 3 is 2.30 bits per heavy atom. The van der Waals surface area contributed by atoms with Crippen molar-refractivity contribution in [2.45, 2.75) is 57.0 Å². The molecule has 0 radical (unpaired) electrons. The van der Waals surface area contributed by atoms with Gasteiger partial charge in [-0.25, -0.2) is 4.79 Å². The standard InChI is InChI=1S/C16H28N4O2.ClH/c17-13-7-10-3-1-4-11(8-13)14(10)19-15(21)12-5-2-6-20(9-12)16(18)22;/h10-14H,1-9,17H2,(H2,18,22)(H,19,21);1H. The quantitative estimate of drug-likeness (QED) is 0.702. The number of hydrogen-bond acceptors (Lipinski definition) is 3. The monoisotopic (exact) mass is 344 g/mol. The molecular weight excluding hydrogens is 316 g/mol. The minimum atomic E-state index is -0.419. The highest BCUT2D eigenvalue weighted by atomic mass is 35.5. The van der Waals surface area contributed by atoms with Gasteiger partial charge in [0, 0.05) is 25.2 Å². The number of carbonyl (C=O) groups is 2. The van der Waals surface area contributed by atoms with Gasteiger partial charge in [0.2, 0.25) is 5.91 Å². The van der Waals surface area contributed by atoms with Gasteiger partial charge in [0.15, 0.2) is 0 Å². The molecular formula is C16H29ClN4O2. The van der Waals surface area contributed by atoms with Gasteiger partial charge in [0.25, 0.3) is 0 Å². The van der Waals surface area contributed by atoms with E-state index < -0.39 is 6.03 Å². The van der Waals surface area contributed by atoms with E-state index in [0.29, 0.717) is 31.0 Å². The minimum absolute atomic E-state index is 0. The second-order valence-corrected chi connectivity index (χ2v) is 7.34. The summed E-state index contributed by atoms with van der Waals surface area (Å²) in [6.45, 7) is 1.13. The lowest BCUT2D eigenvalue weighted by atomic mass is 9.67. The zero-order valence-electron chi connectivity index (χ0n) is 13.6. The molecule has 3 atom stereocenters. The SMILES string of the molecule is Cl.NC(=O)N1CCCC(C(=O)NC2C3CCCC2CC(N)C3)C1. The largest absolute Gasteiger partial charge is 0.353 e. The summed E-state index contributed by atoms with van der Waals surface area (Å²) in [6.07, 6.45) is 7.35. The van der Waals surface area contributed by atoms with Crippen LogP contribution in [0.15, 0.2) is 0 Å². The Hall–Kier alpha value is -1.01. The number of fused-ring (bicyclic) bond motifs is 2. The van der Waals surface area contributed by atoms with Gasteiger partial charge in [-0.15, -0.1) is 12.4 Å². The number of nitrogens with zero attached hydrogens (tertiary/aromatic N) is 1. The van der Waals surface area contributed by atoms with Crippen LogP contribution in [0.2, 0.25) is 0 Å². The average molecular weight is 345 g/mol. The number of primary amides is 1. The number of hydrogen-bond donors (Lipinski definition) is 3. The number of halogens is 1. The number of piperidine rings is 1. The first-order valence-electron chi connectivity index (χ1n) is 8.65. The molecule has 3 unspecified atom stereocenters. The van der Waals surface area contributed by atoms with Crippen LogP contribution in [0.25, 0.3) is 0 Å². The van der Waals surface area contributed by atoms with E-state index in [0.717, 1.165) is 25.7 Å². The lowest BCUT2D eigenvalue weighted by molar-refractivity contribution is -0.128. The van der Waals surface area contributed by atoms with E-state index in [1.807, 2.05) is 0 Å². The molecule has 0 aromatic rings. The van der Waals surface area contributed by atoms with Crippen molar-refractivity contribution >= 4 is 24.3 Å². The Labute approximate surface area is 144 Å². The number of carbonyl (C=O) groups excluding carboxylic acids is 2. The third-order valence-electron chi connectivity index (χ3n) is 5.79. The van der Waals surface area contributed by atoms with Crippen molar-refractivity contribution in [1.29, 1.82) is 0 Å². The molecule has 0 aromatic heterocycles. The van der Waals surface area contributed by atoms with Crippen molar-refractivity contribution < 1.29 is 9.59 Å². The minimum Gasteiger partial charge on any atom is -0.353 e. The number of likely N-dealkylation sites (tertiary alicyclic amines) is 1. The highest BCUT2D eigenvalue weighted by molar-refractivity contribution is 5.85. The fourth-order valence-electron chi connectivity index (χ4n) is 4.70. The van der Waals surface area contributed by atoms with Crippen molar-refractivity contribution in [3.63, 3.8) is 0 Å². The first kappa shape index (κ1) is 18.3. The van der Waals surface area contributed by atoms with E-state index in [9.17, 15) is 9.59 Å². The molecule has 1 aliphatic heterocycles. The van der Waals surface area contributed by atoms with Gasteiger partial charge < -0.3 is 21.7 Å². The van der Waals surface area contributed by atoms with Gasteiger partial charge in [-0.3, -0.25) is 4.79 Å². The smallest absolute Gasteiger partial charge is 0.314 e. The molecule has 2 aliphatic carbocycles. The Kier molecular flexibility index (Phi) is 6.14. The van der Waals surface area contributed by atoms with E-state index in [-0.39, 0.29) is 30.3 Å². The van der Waals surface area contributed by atoms with Crippen LogP contribution in [0.4, 0.5) is 4.79 Å². The molecule has 3 fully saturated rings. The summed E-state index contributed by atoms with van der Waals surface area (Å²) >= 11 is 0. The van der Waals surface area contributed by atoms with Crippen LogP contribution in [0.1, 0.15) is 44.9 Å². The zero-order chi connectivity index (χ0) is 15.7. The van der Waals surface area contributed by atoms with Crippen LogP contribution in [-0.4, -0.2) is 42.0 Å². The summed E-state index contributed by atoms with van der Waals surface area (Å²) in [5, 5.41) is 3.30. The maximum absolute atomic E-state index is 12.6. The Morgan fingerprint density at radius 1 is 1.04 bits per heavy atom. The molecule has 7 heteroatoms. The van der Waals surface area contributed by atoms with Crippen molar-refractivity contribution in [1.82, 2.24) is 10.2 Å². The van der Waals surface area contributed by atoms with Crippen molar-refractivity contribution in [2.75, 3.05) is 13.1 Å². The van der Waals surface area contributed by atoms with E-state index in [2.05, 4.69) is 5.32 Å². The molecule has 3 rings (SSSR count). The average Bonchev–Trinajstić information content (AvgIpc) is 2.48. The van der Waals surface area contributed by atoms with Gasteiger partial charge in [0.1, 0.15) is 0 Å². The molecule has 3 amide bonds. The van der Waals surface area contributed by atoms with Crippen LogP contribution in [0.5, 0.6) is 0 Å². The van der Waals surface area contributed by atoms with E-state index >= 15 is 0 Å². The number of urea groups is 1. The predicted molar refractivity (Wildman–Crippen MR) is 91.1 cm³/mol. The first-order valence-corrected chi connectivity index (χ1v) is 8.65. The second kappa shape index (κ2) is 7.71. The highest BCUT2D eigenvalue weighted by Gasteiger charge is 2.41. The normalized spacial score (nSPS) is 36.7. The van der Waals surface area contributed by atoms with E-state index in [1.165, 1.54) is 19.3 Å². The summed E-state index contributed by atoms with van der Waals surface area (Å²) in [5.74, 6) is 1.05. The number of nitrogens with one attached hydrogen (secondary N) is 1. The number of nitrogens with two attached hydrogens (primary N) is 2. The van der Waals surface area contributed by atoms with Gasteiger partial charge in [0.05, 0.1) is 5.92 Å². The topological polar surface area (TPSA) is 101 Å². The molecule has 6 nitrogen and oxygen atoms in total. The molecule has 0 aromatic carbocycles. The van der Waals surface area contributed by atoms with Gasteiger partial charge >= 0.3 is 6.03 Å². The number of rotatable bonds is 2. The molecule has 1 saturated heterocycles. The lowest BCUT2D eigenvalue weighted by Crippen LogP contribution is -2.56. The molecule has 0 spiro atoms. The van der Waals surface area contributed by atoms with E-state index in [4.69, 9.17) is 11.5 Å². The van der Waals surface area contributed by atoms with Crippen LogP contribution in [0, 0.1) is 17.8 Å². The summed E-state index contributed by atoms with van der Waals surface area (Å²) in [5.41, 5.74) is 11.5. The molecule has 132 valence electrons. The lowest BCUT2D eigenvalue weighted by Gasteiger charge is -2.45. The summed E-state index contributed by atoms with van der Waals surface area (Å²) in [7, 11) is 0. The fraction of sp³-hybridized carbons (Fsp3) is 0.875. The van der Waals surface area contributed by atoms with Crippen LogP contribution >= 0.6 is 12.4 Å². The molecule has 5 N–H and O–H groups in total. The van der Waals surface area contributed by atoms with E-state index in [1.54, 1.807) is 4.90 Å². The van der Waals surface area contributed by atoms with Gasteiger partial charge in [-0.2, -0.15) is 0 Å². The second-order valence-electron chi connectivity index (χ2n) is 7.34. The number of amides is 3. The Balaban J connectivity index is 0.00000192. The van der Waals surface area contributed by atoms with Crippen LogP contribution < -0.4 is 16.8 Å². The van der Waals surface area contributed by atoms with Gasteiger partial charge in [-0.05, 0) is 50.4 Å². The molecule has 1 heterocycles. The van der Waals surface area contributed by atoms with Crippen molar-refractivity contribution in [3.05, 3.63) is 0 Å². The van der Waals surface area contributed by atoms with Crippen LogP contribution in [-0.2, 0) is 4.79 Å². The first-order chi connectivity index (χ1) is 10.5. The van der Waals surface area contributed by atoms with Crippen molar-refractivity contribution in [2.24, 2.45) is 29.2 Å². The third-order valence-corrected chi connectivity index (χ3v) is 5.79. The Bertz CT molecular complexity index is 434. The Morgan fingerprint density at radius 2 is 1.70 bits per heavy atom. The highest BCUT2D eigenvalue weighted by Crippen LogP contribution is 2.39. The molecule has 2 saturated carbocycles. The fourth-order valence-corrected chi connectivity index (χ4v) is 4.70. The molecule has 23 heavy (non-hydrogen) atoms.